The van der Waals surface area contributed by atoms with Gasteiger partial charge in [-0.25, -0.2) is 0 Å². The molecule has 0 aromatic heterocycles. The van der Waals surface area contributed by atoms with Crippen LogP contribution in [0.25, 0.3) is 0 Å². The van der Waals surface area contributed by atoms with Gasteiger partial charge in [0.05, 0.1) is 13.2 Å². The van der Waals surface area contributed by atoms with Gasteiger partial charge >= 0.3 is 0 Å². The molecule has 1 rings (SSSR count). The van der Waals surface area contributed by atoms with Gasteiger partial charge in [0.25, 0.3) is 0 Å². The molecule has 0 fully saturated rings. The molecule has 0 radical (unpaired) electrons. The number of ether oxygens (including phenoxy) is 2. The zero-order chi connectivity index (χ0) is 15.8. The molecular formula is C16H26N2O3. The van der Waals surface area contributed by atoms with Gasteiger partial charge in [-0.05, 0) is 45.6 Å². The van der Waals surface area contributed by atoms with E-state index < -0.39 is 6.10 Å². The molecule has 0 saturated heterocycles. The minimum absolute atomic E-state index is 0.0814. The summed E-state index contributed by atoms with van der Waals surface area (Å²) < 4.78 is 10.5. The smallest absolute Gasteiger partial charge is 0.248 e. The first-order valence-electron chi connectivity index (χ1n) is 7.19. The van der Waals surface area contributed by atoms with E-state index in [1.807, 2.05) is 45.3 Å². The van der Waals surface area contributed by atoms with Crippen molar-refractivity contribution in [3.8, 4) is 5.75 Å². The topological polar surface area (TPSA) is 50.8 Å². The first-order chi connectivity index (χ1) is 9.99. The van der Waals surface area contributed by atoms with Crippen LogP contribution >= 0.6 is 0 Å². The molecule has 0 saturated carbocycles. The third-order valence-corrected chi connectivity index (χ3v) is 3.36. The van der Waals surface area contributed by atoms with Crippen LogP contribution in [0.4, 0.5) is 0 Å². The number of amides is 1. The number of benzene rings is 1. The molecule has 0 heterocycles. The summed E-state index contributed by atoms with van der Waals surface area (Å²) in [5, 5.41) is 2.94. The van der Waals surface area contributed by atoms with Gasteiger partial charge in [0, 0.05) is 13.2 Å². The van der Waals surface area contributed by atoms with E-state index in [2.05, 4.69) is 10.2 Å². The number of hydrogen-bond acceptors (Lipinski definition) is 4. The van der Waals surface area contributed by atoms with Crippen molar-refractivity contribution in [1.82, 2.24) is 10.2 Å². The van der Waals surface area contributed by atoms with Gasteiger partial charge in [-0.1, -0.05) is 12.1 Å². The summed E-state index contributed by atoms with van der Waals surface area (Å²) in [6.07, 6.45) is -0.428. The van der Waals surface area contributed by atoms with E-state index in [4.69, 9.17) is 9.47 Å². The zero-order valence-corrected chi connectivity index (χ0v) is 13.6. The molecule has 21 heavy (non-hydrogen) atoms. The summed E-state index contributed by atoms with van der Waals surface area (Å²) in [5.41, 5.74) is 1.10. The standard InChI is InChI=1S/C16H26N2O3/c1-6-21-12(2)16(19)17-11-15(18(3)4)13-8-7-9-14(10-13)20-5/h7-10,12,15H,6,11H2,1-5H3,(H,17,19)/t12-,15+/m0/s1. The van der Waals surface area contributed by atoms with Crippen molar-refractivity contribution in [3.05, 3.63) is 29.8 Å². The predicted octanol–water partition coefficient (Wildman–Crippen LogP) is 1.84. The fourth-order valence-corrected chi connectivity index (χ4v) is 2.11. The van der Waals surface area contributed by atoms with Gasteiger partial charge in [0.15, 0.2) is 0 Å². The van der Waals surface area contributed by atoms with E-state index in [0.717, 1.165) is 11.3 Å². The summed E-state index contributed by atoms with van der Waals surface area (Å²) in [6, 6.07) is 7.97. The number of likely N-dealkylation sites (N-methyl/N-ethyl adjacent to an activating group) is 1. The van der Waals surface area contributed by atoms with Crippen LogP contribution in [0.1, 0.15) is 25.5 Å². The normalized spacial score (nSPS) is 13.8. The Balaban J connectivity index is 2.72. The van der Waals surface area contributed by atoms with Crippen molar-refractivity contribution >= 4 is 5.91 Å². The lowest BCUT2D eigenvalue weighted by Crippen LogP contribution is -2.39. The molecule has 0 aliphatic carbocycles. The van der Waals surface area contributed by atoms with E-state index in [0.29, 0.717) is 13.2 Å². The minimum Gasteiger partial charge on any atom is -0.497 e. The van der Waals surface area contributed by atoms with Gasteiger partial charge in [0.1, 0.15) is 11.9 Å². The molecule has 0 bridgehead atoms. The second kappa shape index (κ2) is 8.64. The van der Waals surface area contributed by atoms with Gasteiger partial charge in [-0.2, -0.15) is 0 Å². The van der Waals surface area contributed by atoms with Crippen LogP contribution in [0, 0.1) is 0 Å². The Hall–Kier alpha value is -1.59. The second-order valence-electron chi connectivity index (χ2n) is 5.10. The number of nitrogens with zero attached hydrogens (tertiary/aromatic N) is 1. The highest BCUT2D eigenvalue weighted by Crippen LogP contribution is 2.22. The zero-order valence-electron chi connectivity index (χ0n) is 13.6. The van der Waals surface area contributed by atoms with Crippen molar-refractivity contribution in [2.24, 2.45) is 0 Å². The van der Waals surface area contributed by atoms with Crippen LogP contribution in [0.2, 0.25) is 0 Å². The van der Waals surface area contributed by atoms with Gasteiger partial charge in [-0.3, -0.25) is 4.79 Å². The number of hydrogen-bond donors (Lipinski definition) is 1. The SMILES string of the molecule is CCO[C@@H](C)C(=O)NC[C@H](c1cccc(OC)c1)N(C)C. The number of rotatable bonds is 8. The van der Waals surface area contributed by atoms with Crippen molar-refractivity contribution in [1.29, 1.82) is 0 Å². The molecule has 1 N–H and O–H groups in total. The Labute approximate surface area is 127 Å². The summed E-state index contributed by atoms with van der Waals surface area (Å²) in [5.74, 6) is 0.722. The Bertz CT molecular complexity index is 449. The van der Waals surface area contributed by atoms with Crippen molar-refractivity contribution in [2.75, 3.05) is 34.4 Å². The van der Waals surface area contributed by atoms with Gasteiger partial charge in [-0.15, -0.1) is 0 Å². The highest BCUT2D eigenvalue weighted by atomic mass is 16.5. The molecule has 1 amide bonds. The summed E-state index contributed by atoms with van der Waals surface area (Å²) in [6.45, 7) is 4.69. The molecule has 5 heteroatoms. The minimum atomic E-state index is -0.428. The van der Waals surface area contributed by atoms with Crippen LogP contribution in [0.15, 0.2) is 24.3 Å². The Morgan fingerprint density at radius 1 is 1.38 bits per heavy atom. The maximum Gasteiger partial charge on any atom is 0.248 e. The first-order valence-corrected chi connectivity index (χ1v) is 7.19. The largest absolute Gasteiger partial charge is 0.497 e. The fourth-order valence-electron chi connectivity index (χ4n) is 2.11. The molecule has 0 unspecified atom stereocenters. The molecule has 0 aliphatic rings. The molecule has 1 aromatic carbocycles. The molecule has 1 aromatic rings. The third kappa shape index (κ3) is 5.36. The number of nitrogens with one attached hydrogen (secondary N) is 1. The molecule has 5 nitrogen and oxygen atoms in total. The molecule has 118 valence electrons. The van der Waals surface area contributed by atoms with Gasteiger partial charge < -0.3 is 19.7 Å². The van der Waals surface area contributed by atoms with E-state index in [-0.39, 0.29) is 11.9 Å². The first kappa shape index (κ1) is 17.5. The van der Waals surface area contributed by atoms with E-state index in [9.17, 15) is 4.79 Å². The molecule has 2 atom stereocenters. The van der Waals surface area contributed by atoms with Crippen LogP contribution in [0.3, 0.4) is 0 Å². The van der Waals surface area contributed by atoms with E-state index in [1.165, 1.54) is 0 Å². The lowest BCUT2D eigenvalue weighted by Gasteiger charge is -2.26. The maximum absolute atomic E-state index is 11.9. The molecular weight excluding hydrogens is 268 g/mol. The number of carbonyl (C=O) groups excluding carboxylic acids is 1. The predicted molar refractivity (Wildman–Crippen MR) is 83.5 cm³/mol. The summed E-state index contributed by atoms with van der Waals surface area (Å²) >= 11 is 0. The third-order valence-electron chi connectivity index (χ3n) is 3.36. The monoisotopic (exact) mass is 294 g/mol. The highest BCUT2D eigenvalue weighted by Gasteiger charge is 2.18. The highest BCUT2D eigenvalue weighted by molar-refractivity contribution is 5.80. The quantitative estimate of drug-likeness (QED) is 0.795. The summed E-state index contributed by atoms with van der Waals surface area (Å²) in [4.78, 5) is 14.0. The van der Waals surface area contributed by atoms with E-state index >= 15 is 0 Å². The molecule has 0 spiro atoms. The van der Waals surface area contributed by atoms with Crippen LogP contribution in [-0.2, 0) is 9.53 Å². The number of carbonyl (C=O) groups is 1. The van der Waals surface area contributed by atoms with E-state index in [1.54, 1.807) is 14.0 Å². The second-order valence-corrected chi connectivity index (χ2v) is 5.10. The van der Waals surface area contributed by atoms with Crippen LogP contribution < -0.4 is 10.1 Å². The van der Waals surface area contributed by atoms with Crippen molar-refractivity contribution in [3.63, 3.8) is 0 Å². The van der Waals surface area contributed by atoms with Crippen molar-refractivity contribution in [2.45, 2.75) is 26.0 Å². The Kier molecular flexibility index (Phi) is 7.19. The Morgan fingerprint density at radius 3 is 2.67 bits per heavy atom. The average Bonchev–Trinajstić information content (AvgIpc) is 2.47. The van der Waals surface area contributed by atoms with Gasteiger partial charge in [0.2, 0.25) is 5.91 Å². The lowest BCUT2D eigenvalue weighted by atomic mass is 10.1. The Morgan fingerprint density at radius 2 is 2.10 bits per heavy atom. The van der Waals surface area contributed by atoms with Crippen LogP contribution in [0.5, 0.6) is 5.75 Å². The molecule has 0 aliphatic heterocycles. The maximum atomic E-state index is 11.9. The number of methoxy groups -OCH3 is 1. The lowest BCUT2D eigenvalue weighted by molar-refractivity contribution is -0.131. The fraction of sp³-hybridized carbons (Fsp3) is 0.562. The van der Waals surface area contributed by atoms with Crippen molar-refractivity contribution < 1.29 is 14.3 Å². The summed E-state index contributed by atoms with van der Waals surface area (Å²) in [7, 11) is 5.62. The average molecular weight is 294 g/mol. The van der Waals surface area contributed by atoms with Crippen LogP contribution in [-0.4, -0.2) is 51.3 Å².